The monoisotopic (exact) mass is 322 g/mol. The van der Waals surface area contributed by atoms with Gasteiger partial charge in [0.2, 0.25) is 0 Å². The molecule has 0 bridgehead atoms. The quantitative estimate of drug-likeness (QED) is 0.927. The summed E-state index contributed by atoms with van der Waals surface area (Å²) >= 11 is 0. The summed E-state index contributed by atoms with van der Waals surface area (Å²) in [5, 5.41) is 0. The average Bonchev–Trinajstić information content (AvgIpc) is 2.47. The Morgan fingerprint density at radius 1 is 1.30 bits per heavy atom. The first-order valence-electron chi connectivity index (χ1n) is 8.20. The van der Waals surface area contributed by atoms with Gasteiger partial charge in [-0.1, -0.05) is 18.2 Å². The van der Waals surface area contributed by atoms with Gasteiger partial charge in [-0.05, 0) is 58.2 Å². The lowest BCUT2D eigenvalue weighted by Gasteiger charge is -2.42. The summed E-state index contributed by atoms with van der Waals surface area (Å²) in [6, 6.07) is 6.89. The standard InChI is InChI=1S/C18H27FN2O2/c1-17(2,3)23-16(22)21-12-9-18(8-11-20,10-13-21)14-6-4-5-7-15(14)19/h4-7H,8-13,20H2,1-3H3. The zero-order valence-corrected chi connectivity index (χ0v) is 14.3. The molecule has 5 heteroatoms. The van der Waals surface area contributed by atoms with Gasteiger partial charge < -0.3 is 15.4 Å². The topological polar surface area (TPSA) is 55.6 Å². The number of hydrogen-bond acceptors (Lipinski definition) is 3. The van der Waals surface area contributed by atoms with Crippen molar-refractivity contribution in [1.29, 1.82) is 0 Å². The summed E-state index contributed by atoms with van der Waals surface area (Å²) in [5.74, 6) is -0.188. The maximum Gasteiger partial charge on any atom is 0.410 e. The van der Waals surface area contributed by atoms with Crippen molar-refractivity contribution in [3.8, 4) is 0 Å². The van der Waals surface area contributed by atoms with Crippen LogP contribution in [0.15, 0.2) is 24.3 Å². The van der Waals surface area contributed by atoms with Gasteiger partial charge in [-0.3, -0.25) is 0 Å². The molecule has 0 unspecified atom stereocenters. The van der Waals surface area contributed by atoms with E-state index < -0.39 is 5.60 Å². The molecule has 1 aromatic carbocycles. The number of carbonyl (C=O) groups excluding carboxylic acids is 1. The Morgan fingerprint density at radius 2 is 1.91 bits per heavy atom. The summed E-state index contributed by atoms with van der Waals surface area (Å²) < 4.78 is 19.7. The molecule has 1 saturated heterocycles. The van der Waals surface area contributed by atoms with E-state index >= 15 is 0 Å². The van der Waals surface area contributed by atoms with Gasteiger partial charge in [0.05, 0.1) is 0 Å². The van der Waals surface area contributed by atoms with Crippen LogP contribution >= 0.6 is 0 Å². The number of likely N-dealkylation sites (tertiary alicyclic amines) is 1. The lowest BCUT2D eigenvalue weighted by molar-refractivity contribution is 0.0158. The molecule has 2 rings (SSSR count). The van der Waals surface area contributed by atoms with Crippen LogP contribution < -0.4 is 5.73 Å². The number of ether oxygens (including phenoxy) is 1. The summed E-state index contributed by atoms with van der Waals surface area (Å²) in [6.07, 6.45) is 1.82. The number of nitrogens with zero attached hydrogens (tertiary/aromatic N) is 1. The first-order valence-corrected chi connectivity index (χ1v) is 8.20. The normalized spacial score (nSPS) is 17.9. The van der Waals surface area contributed by atoms with Crippen molar-refractivity contribution < 1.29 is 13.9 Å². The van der Waals surface area contributed by atoms with Crippen LogP contribution in [0.2, 0.25) is 0 Å². The molecule has 0 spiro atoms. The lowest BCUT2D eigenvalue weighted by Crippen LogP contribution is -2.47. The van der Waals surface area contributed by atoms with Crippen molar-refractivity contribution in [3.63, 3.8) is 0 Å². The van der Waals surface area contributed by atoms with Crippen LogP contribution in [-0.2, 0) is 10.2 Å². The van der Waals surface area contributed by atoms with E-state index in [2.05, 4.69) is 0 Å². The van der Waals surface area contributed by atoms with Gasteiger partial charge in [0.1, 0.15) is 11.4 Å². The van der Waals surface area contributed by atoms with Crippen LogP contribution in [0.4, 0.5) is 9.18 Å². The summed E-state index contributed by atoms with van der Waals surface area (Å²) in [5.41, 5.74) is 5.70. The third-order valence-corrected chi connectivity index (χ3v) is 4.44. The molecule has 0 atom stereocenters. The second-order valence-electron chi connectivity index (χ2n) is 7.27. The number of hydrogen-bond donors (Lipinski definition) is 1. The first-order chi connectivity index (χ1) is 10.8. The van der Waals surface area contributed by atoms with E-state index in [4.69, 9.17) is 10.5 Å². The van der Waals surface area contributed by atoms with Crippen LogP contribution in [-0.4, -0.2) is 36.2 Å². The van der Waals surface area contributed by atoms with Crippen molar-refractivity contribution in [2.24, 2.45) is 5.73 Å². The molecule has 0 aromatic heterocycles. The van der Waals surface area contributed by atoms with E-state index in [1.807, 2.05) is 32.9 Å². The van der Waals surface area contributed by atoms with Crippen LogP contribution in [0.25, 0.3) is 0 Å². The number of benzene rings is 1. The van der Waals surface area contributed by atoms with Gasteiger partial charge in [-0.15, -0.1) is 0 Å². The molecule has 1 aliphatic rings. The van der Waals surface area contributed by atoms with Crippen LogP contribution in [0.1, 0.15) is 45.6 Å². The number of carbonyl (C=O) groups is 1. The molecule has 1 aromatic rings. The minimum absolute atomic E-state index is 0.188. The fourth-order valence-corrected chi connectivity index (χ4v) is 3.27. The number of piperidine rings is 1. The molecule has 1 aliphatic heterocycles. The van der Waals surface area contributed by atoms with E-state index in [-0.39, 0.29) is 17.3 Å². The highest BCUT2D eigenvalue weighted by Crippen LogP contribution is 2.39. The van der Waals surface area contributed by atoms with E-state index in [0.29, 0.717) is 38.0 Å². The Bertz CT molecular complexity index is 546. The van der Waals surface area contributed by atoms with Gasteiger partial charge in [0, 0.05) is 18.5 Å². The molecule has 4 nitrogen and oxygen atoms in total. The highest BCUT2D eigenvalue weighted by atomic mass is 19.1. The zero-order chi connectivity index (χ0) is 17.1. The predicted molar refractivity (Wildman–Crippen MR) is 88.8 cm³/mol. The lowest BCUT2D eigenvalue weighted by atomic mass is 9.70. The summed E-state index contributed by atoms with van der Waals surface area (Å²) in [7, 11) is 0. The Hall–Kier alpha value is -1.62. The molecule has 2 N–H and O–H groups in total. The van der Waals surface area contributed by atoms with Gasteiger partial charge >= 0.3 is 6.09 Å². The van der Waals surface area contributed by atoms with Crippen LogP contribution in [0.5, 0.6) is 0 Å². The molecule has 0 aliphatic carbocycles. The van der Waals surface area contributed by atoms with E-state index in [0.717, 1.165) is 6.42 Å². The predicted octanol–water partition coefficient (Wildman–Crippen LogP) is 3.44. The Kier molecular flexibility index (Phi) is 5.30. The highest BCUT2D eigenvalue weighted by Gasteiger charge is 2.39. The Balaban J connectivity index is 2.12. The number of amides is 1. The van der Waals surface area contributed by atoms with Crippen molar-refractivity contribution in [2.75, 3.05) is 19.6 Å². The molecular formula is C18H27FN2O2. The minimum Gasteiger partial charge on any atom is -0.444 e. The van der Waals surface area contributed by atoms with Crippen LogP contribution in [0, 0.1) is 5.82 Å². The summed E-state index contributed by atoms with van der Waals surface area (Å²) in [6.45, 7) is 7.18. The van der Waals surface area contributed by atoms with Gasteiger partial charge in [0.25, 0.3) is 0 Å². The molecule has 1 amide bonds. The SMILES string of the molecule is CC(C)(C)OC(=O)N1CCC(CCN)(c2ccccc2F)CC1. The third-order valence-electron chi connectivity index (χ3n) is 4.44. The third kappa shape index (κ3) is 4.22. The molecule has 128 valence electrons. The fourth-order valence-electron chi connectivity index (χ4n) is 3.27. The number of rotatable bonds is 3. The fraction of sp³-hybridized carbons (Fsp3) is 0.611. The Morgan fingerprint density at radius 3 is 2.43 bits per heavy atom. The van der Waals surface area contributed by atoms with E-state index in [9.17, 15) is 9.18 Å². The van der Waals surface area contributed by atoms with Gasteiger partial charge in [-0.2, -0.15) is 0 Å². The minimum atomic E-state index is -0.506. The van der Waals surface area contributed by atoms with E-state index in [1.54, 1.807) is 11.0 Å². The van der Waals surface area contributed by atoms with Crippen molar-refractivity contribution >= 4 is 6.09 Å². The van der Waals surface area contributed by atoms with Crippen molar-refractivity contribution in [3.05, 3.63) is 35.6 Å². The summed E-state index contributed by atoms with van der Waals surface area (Å²) in [4.78, 5) is 13.9. The van der Waals surface area contributed by atoms with Gasteiger partial charge in [0.15, 0.2) is 0 Å². The molecule has 0 saturated carbocycles. The average molecular weight is 322 g/mol. The molecule has 1 fully saturated rings. The zero-order valence-electron chi connectivity index (χ0n) is 14.3. The maximum atomic E-state index is 14.3. The second-order valence-corrected chi connectivity index (χ2v) is 7.27. The second kappa shape index (κ2) is 6.87. The van der Waals surface area contributed by atoms with Crippen molar-refractivity contribution in [1.82, 2.24) is 4.90 Å². The first kappa shape index (κ1) is 17.7. The van der Waals surface area contributed by atoms with E-state index in [1.165, 1.54) is 6.07 Å². The number of halogens is 1. The molecule has 23 heavy (non-hydrogen) atoms. The number of nitrogens with two attached hydrogens (primary N) is 1. The van der Waals surface area contributed by atoms with Crippen LogP contribution in [0.3, 0.4) is 0 Å². The molecule has 1 heterocycles. The Labute approximate surface area is 137 Å². The smallest absolute Gasteiger partial charge is 0.410 e. The largest absolute Gasteiger partial charge is 0.444 e. The molecular weight excluding hydrogens is 295 g/mol. The maximum absolute atomic E-state index is 14.3. The van der Waals surface area contributed by atoms with Gasteiger partial charge in [-0.25, -0.2) is 9.18 Å². The van der Waals surface area contributed by atoms with Crippen molar-refractivity contribution in [2.45, 2.75) is 51.0 Å². The highest BCUT2D eigenvalue weighted by molar-refractivity contribution is 5.68. The molecule has 0 radical (unpaired) electrons.